The van der Waals surface area contributed by atoms with Crippen LogP contribution in [0.15, 0.2) is 36.7 Å². The van der Waals surface area contributed by atoms with Crippen molar-refractivity contribution in [1.82, 2.24) is 25.1 Å². The van der Waals surface area contributed by atoms with Crippen LogP contribution >= 0.6 is 0 Å². The van der Waals surface area contributed by atoms with Crippen molar-refractivity contribution in [3.8, 4) is 11.3 Å². The Kier molecular flexibility index (Phi) is 3.75. The van der Waals surface area contributed by atoms with Crippen molar-refractivity contribution in [3.63, 3.8) is 0 Å². The van der Waals surface area contributed by atoms with Gasteiger partial charge >= 0.3 is 0 Å². The number of nitrogens with zero attached hydrogens (tertiary/aromatic N) is 3. The Bertz CT molecular complexity index is 1180. The highest BCUT2D eigenvalue weighted by Crippen LogP contribution is 2.39. The van der Waals surface area contributed by atoms with Gasteiger partial charge in [0.05, 0.1) is 11.9 Å². The summed E-state index contributed by atoms with van der Waals surface area (Å²) in [6.45, 7) is 3.76. The van der Waals surface area contributed by atoms with Crippen LogP contribution in [0.1, 0.15) is 46.2 Å². The fourth-order valence-corrected chi connectivity index (χ4v) is 3.32. The number of aryl methyl sites for hydroxylation is 1. The first kappa shape index (κ1) is 16.7. The molecule has 4 aromatic rings. The first-order valence-corrected chi connectivity index (χ1v) is 9.36. The molecule has 0 radical (unpaired) electrons. The average molecular weight is 372 g/mol. The summed E-state index contributed by atoms with van der Waals surface area (Å²) in [5.74, 6) is 0.394. The molecule has 1 amide bonds. The molecule has 3 N–H and O–H groups in total. The minimum Gasteiger partial charge on any atom is -0.339 e. The molecule has 0 aromatic carbocycles. The summed E-state index contributed by atoms with van der Waals surface area (Å²) >= 11 is 0. The van der Waals surface area contributed by atoms with E-state index in [0.717, 1.165) is 33.5 Å². The normalized spacial score (nSPS) is 13.8. The van der Waals surface area contributed by atoms with E-state index in [1.807, 2.05) is 32.2 Å². The maximum absolute atomic E-state index is 12.5. The van der Waals surface area contributed by atoms with E-state index in [4.69, 9.17) is 0 Å². The molecule has 28 heavy (non-hydrogen) atoms. The van der Waals surface area contributed by atoms with Crippen molar-refractivity contribution < 1.29 is 4.79 Å². The Morgan fingerprint density at radius 2 is 2.00 bits per heavy atom. The molecule has 140 valence electrons. The van der Waals surface area contributed by atoms with Gasteiger partial charge < -0.3 is 10.3 Å². The van der Waals surface area contributed by atoms with Gasteiger partial charge in [0.25, 0.3) is 5.91 Å². The van der Waals surface area contributed by atoms with Crippen molar-refractivity contribution in [2.24, 2.45) is 0 Å². The Morgan fingerprint density at radius 3 is 2.68 bits per heavy atom. The molecule has 4 heterocycles. The number of H-pyrrole nitrogens is 2. The van der Waals surface area contributed by atoms with Crippen LogP contribution in [0.2, 0.25) is 0 Å². The summed E-state index contributed by atoms with van der Waals surface area (Å²) in [4.78, 5) is 24.8. The molecule has 1 fully saturated rings. The minimum absolute atomic E-state index is 0.251. The Hall–Kier alpha value is -3.48. The number of fused-ring (bicyclic) bond motifs is 1. The summed E-state index contributed by atoms with van der Waals surface area (Å²) in [6, 6.07) is 8.12. The largest absolute Gasteiger partial charge is 0.339 e. The number of aromatic amines is 2. The van der Waals surface area contributed by atoms with E-state index in [1.54, 1.807) is 6.20 Å². The van der Waals surface area contributed by atoms with Crippen molar-refractivity contribution in [1.29, 1.82) is 0 Å². The Morgan fingerprint density at radius 1 is 1.14 bits per heavy atom. The number of pyridine rings is 2. The molecule has 7 nitrogen and oxygen atoms in total. The van der Waals surface area contributed by atoms with Crippen LogP contribution in [0.4, 0.5) is 5.69 Å². The maximum atomic E-state index is 12.5. The van der Waals surface area contributed by atoms with Crippen molar-refractivity contribution in [3.05, 3.63) is 59.3 Å². The second-order valence-corrected chi connectivity index (χ2v) is 7.37. The predicted octanol–water partition coefficient (Wildman–Crippen LogP) is 4.09. The predicted molar refractivity (Wildman–Crippen MR) is 107 cm³/mol. The topological polar surface area (TPSA) is 99.4 Å². The summed E-state index contributed by atoms with van der Waals surface area (Å²) in [5, 5.41) is 10.7. The summed E-state index contributed by atoms with van der Waals surface area (Å²) in [7, 11) is 0. The molecular weight excluding hydrogens is 352 g/mol. The SMILES string of the molecule is Cc1[nH]nc(C(=O)Nc2cnc3[nH]c(-c4ccc(C5CC5)nc4)cc3c2)c1C. The fraction of sp³-hybridized carbons (Fsp3) is 0.238. The van der Waals surface area contributed by atoms with Crippen molar-refractivity contribution in [2.75, 3.05) is 5.32 Å². The molecule has 4 aromatic heterocycles. The summed E-state index contributed by atoms with van der Waals surface area (Å²) in [5.41, 5.74) is 6.68. The van der Waals surface area contributed by atoms with Crippen LogP contribution in [0.3, 0.4) is 0 Å². The van der Waals surface area contributed by atoms with Gasteiger partial charge in [-0.2, -0.15) is 5.10 Å². The van der Waals surface area contributed by atoms with Crippen molar-refractivity contribution >= 4 is 22.6 Å². The number of nitrogens with one attached hydrogen (secondary N) is 3. The van der Waals surface area contributed by atoms with E-state index < -0.39 is 0 Å². The van der Waals surface area contributed by atoms with E-state index in [1.165, 1.54) is 18.5 Å². The molecule has 0 saturated heterocycles. The van der Waals surface area contributed by atoms with Gasteiger partial charge in [0.1, 0.15) is 5.65 Å². The molecule has 0 unspecified atom stereocenters. The lowest BCUT2D eigenvalue weighted by Gasteiger charge is -2.03. The van der Waals surface area contributed by atoms with Crippen LogP contribution in [0.5, 0.6) is 0 Å². The van der Waals surface area contributed by atoms with Gasteiger partial charge in [-0.1, -0.05) is 0 Å². The van der Waals surface area contributed by atoms with Gasteiger partial charge in [-0.3, -0.25) is 14.9 Å². The van der Waals surface area contributed by atoms with Crippen LogP contribution in [0, 0.1) is 13.8 Å². The van der Waals surface area contributed by atoms with E-state index in [2.05, 4.69) is 42.6 Å². The highest BCUT2D eigenvalue weighted by Gasteiger charge is 2.24. The zero-order chi connectivity index (χ0) is 19.3. The molecule has 0 aliphatic heterocycles. The number of aromatic nitrogens is 5. The van der Waals surface area contributed by atoms with Gasteiger partial charge in [-0.05, 0) is 51.0 Å². The van der Waals surface area contributed by atoms with Crippen LogP contribution in [0.25, 0.3) is 22.3 Å². The fourth-order valence-electron chi connectivity index (χ4n) is 3.32. The molecule has 7 heteroatoms. The number of hydrogen-bond donors (Lipinski definition) is 3. The maximum Gasteiger partial charge on any atom is 0.276 e. The molecule has 0 spiro atoms. The third-order valence-corrected chi connectivity index (χ3v) is 5.29. The lowest BCUT2D eigenvalue weighted by molar-refractivity contribution is 0.102. The third-order valence-electron chi connectivity index (χ3n) is 5.29. The number of carbonyl (C=O) groups is 1. The van der Waals surface area contributed by atoms with E-state index in [-0.39, 0.29) is 5.91 Å². The van der Waals surface area contributed by atoms with E-state index >= 15 is 0 Å². The van der Waals surface area contributed by atoms with Gasteiger partial charge in [0.2, 0.25) is 0 Å². The van der Waals surface area contributed by atoms with Gasteiger partial charge in [-0.15, -0.1) is 0 Å². The number of anilines is 1. The third kappa shape index (κ3) is 2.94. The quantitative estimate of drug-likeness (QED) is 0.502. The highest BCUT2D eigenvalue weighted by atomic mass is 16.1. The monoisotopic (exact) mass is 372 g/mol. The number of carbonyl (C=O) groups excluding carboxylic acids is 1. The van der Waals surface area contributed by atoms with E-state index in [0.29, 0.717) is 17.3 Å². The number of hydrogen-bond acceptors (Lipinski definition) is 4. The zero-order valence-corrected chi connectivity index (χ0v) is 15.7. The summed E-state index contributed by atoms with van der Waals surface area (Å²) in [6.07, 6.45) is 6.04. The van der Waals surface area contributed by atoms with Gasteiger partial charge in [0.15, 0.2) is 5.69 Å². The van der Waals surface area contributed by atoms with Crippen LogP contribution in [-0.2, 0) is 0 Å². The molecule has 1 aliphatic carbocycles. The highest BCUT2D eigenvalue weighted by molar-refractivity contribution is 6.04. The number of amides is 1. The second kappa shape index (κ2) is 6.30. The van der Waals surface area contributed by atoms with Crippen molar-refractivity contribution in [2.45, 2.75) is 32.6 Å². The molecule has 0 bridgehead atoms. The Labute approximate surface area is 161 Å². The molecule has 0 atom stereocenters. The first-order valence-electron chi connectivity index (χ1n) is 9.36. The molecule has 1 saturated carbocycles. The lowest BCUT2D eigenvalue weighted by Crippen LogP contribution is -2.13. The second-order valence-electron chi connectivity index (χ2n) is 7.37. The molecule has 5 rings (SSSR count). The summed E-state index contributed by atoms with van der Waals surface area (Å²) < 4.78 is 0. The Balaban J connectivity index is 1.40. The smallest absolute Gasteiger partial charge is 0.276 e. The van der Waals surface area contributed by atoms with Gasteiger partial charge in [0, 0.05) is 45.7 Å². The van der Waals surface area contributed by atoms with Gasteiger partial charge in [-0.25, -0.2) is 4.98 Å². The first-order chi connectivity index (χ1) is 13.6. The van der Waals surface area contributed by atoms with Crippen LogP contribution < -0.4 is 5.32 Å². The minimum atomic E-state index is -0.251. The zero-order valence-electron chi connectivity index (χ0n) is 15.7. The average Bonchev–Trinajstić information content (AvgIpc) is 3.38. The van der Waals surface area contributed by atoms with E-state index in [9.17, 15) is 4.79 Å². The standard InChI is InChI=1S/C21H20N6O/c1-11-12(2)26-27-19(11)21(28)24-16-7-15-8-18(25-20(15)23-10-16)14-5-6-17(22-9-14)13-3-4-13/h5-10,13H,3-4H2,1-2H3,(H,23,25)(H,24,28)(H,26,27). The molecular formula is C21H20N6O. The number of rotatable bonds is 4. The van der Waals surface area contributed by atoms with Crippen LogP contribution in [-0.4, -0.2) is 31.1 Å². The molecule has 1 aliphatic rings. The lowest BCUT2D eigenvalue weighted by atomic mass is 10.1.